The Balaban J connectivity index is 1.14. The Kier molecular flexibility index (Phi) is 10.6. The van der Waals surface area contributed by atoms with E-state index in [1.54, 1.807) is 11.3 Å². The molecule has 0 N–H and O–H groups in total. The zero-order valence-electron chi connectivity index (χ0n) is 46.6. The molecule has 5 aromatic heterocycles. The average molecular weight is 1120 g/mol. The van der Waals surface area contributed by atoms with Crippen LogP contribution in [-0.4, -0.2) is 18.3 Å². The van der Waals surface area contributed by atoms with Crippen molar-refractivity contribution in [2.45, 2.75) is 0 Å². The molecule has 0 saturated carbocycles. The third-order valence-electron chi connectivity index (χ3n) is 18.0. The van der Waals surface area contributed by atoms with Gasteiger partial charge in [0, 0.05) is 58.6 Å². The van der Waals surface area contributed by atoms with Gasteiger partial charge in [-0.1, -0.05) is 231 Å². The van der Waals surface area contributed by atoms with Gasteiger partial charge in [-0.2, -0.15) is 5.26 Å². The van der Waals surface area contributed by atoms with Gasteiger partial charge in [-0.25, -0.2) is 4.85 Å². The lowest BCUT2D eigenvalue weighted by molar-refractivity contribution is 1.04. The van der Waals surface area contributed by atoms with E-state index in [0.29, 0.717) is 34.0 Å². The molecule has 0 unspecified atom stereocenters. The standard InChI is InChI=1S/C80H46N6S/c1-82-74-75(83-65-36-15-8-27-54(65)55-28-9-16-37-66(55)83)64(48-81)76(84-67-38-17-10-29-56(67)57-30-11-18-39-68(57)84)79(78(74)85-69-40-19-12-31-58(69)59-32-13-20-41-70(59)85)86-71-47-51(43-44-60(71)62-45-46-63-61-33-14-21-42-72(61)87-80(63)77(62)86)73-52(49-23-4-2-5-24-49)34-22-35-53(73)50-25-6-3-7-26-50/h2-47H. The molecule has 0 saturated heterocycles. The molecule has 0 aliphatic rings. The molecule has 18 rings (SSSR count). The Morgan fingerprint density at radius 2 is 0.724 bits per heavy atom. The lowest BCUT2D eigenvalue weighted by Crippen LogP contribution is -2.14. The van der Waals surface area contributed by atoms with E-state index < -0.39 is 0 Å². The van der Waals surface area contributed by atoms with Gasteiger partial charge in [0.1, 0.15) is 6.07 Å². The van der Waals surface area contributed by atoms with Gasteiger partial charge in [0.25, 0.3) is 0 Å². The van der Waals surface area contributed by atoms with Crippen LogP contribution < -0.4 is 0 Å². The molecule has 7 heteroatoms. The van der Waals surface area contributed by atoms with Gasteiger partial charge in [0.2, 0.25) is 5.69 Å². The van der Waals surface area contributed by atoms with Gasteiger partial charge in [0.15, 0.2) is 0 Å². The Bertz CT molecular complexity index is 5660. The molecule has 87 heavy (non-hydrogen) atoms. The number of nitriles is 1. The Morgan fingerprint density at radius 1 is 0.322 bits per heavy atom. The first-order chi connectivity index (χ1) is 43.2. The number of para-hydroxylation sites is 6. The highest BCUT2D eigenvalue weighted by atomic mass is 32.1. The maximum absolute atomic E-state index is 12.9. The van der Waals surface area contributed by atoms with E-state index in [2.05, 4.69) is 303 Å². The first-order valence-electron chi connectivity index (χ1n) is 29.3. The van der Waals surface area contributed by atoms with Crippen LogP contribution in [0, 0.1) is 17.9 Å². The fourth-order valence-corrected chi connectivity index (χ4v) is 15.7. The predicted molar refractivity (Wildman–Crippen MR) is 364 cm³/mol. The molecule has 0 aliphatic carbocycles. The molecule has 0 spiro atoms. The average Bonchev–Trinajstić information content (AvgIpc) is 1.60. The highest BCUT2D eigenvalue weighted by Crippen LogP contribution is 2.54. The molecule has 5 heterocycles. The minimum atomic E-state index is 0.347. The van der Waals surface area contributed by atoms with E-state index in [4.69, 9.17) is 4.85 Å². The molecule has 18 aromatic rings. The van der Waals surface area contributed by atoms with Crippen molar-refractivity contribution in [1.29, 1.82) is 5.26 Å². The number of aromatic nitrogens is 4. The lowest BCUT2D eigenvalue weighted by atomic mass is 9.87. The van der Waals surface area contributed by atoms with Crippen LogP contribution in [0.1, 0.15) is 5.56 Å². The summed E-state index contributed by atoms with van der Waals surface area (Å²) in [6, 6.07) is 102. The highest BCUT2D eigenvalue weighted by Gasteiger charge is 2.35. The largest absolute Gasteiger partial charge is 0.318 e. The van der Waals surface area contributed by atoms with Crippen LogP contribution >= 0.6 is 11.3 Å². The van der Waals surface area contributed by atoms with Crippen LogP contribution in [0.4, 0.5) is 5.69 Å². The van der Waals surface area contributed by atoms with E-state index in [1.165, 1.54) is 10.1 Å². The van der Waals surface area contributed by atoms with Crippen LogP contribution in [0.25, 0.3) is 168 Å². The Hall–Kier alpha value is -11.7. The fraction of sp³-hybridized carbons (Fsp3) is 0. The first-order valence-corrected chi connectivity index (χ1v) is 30.1. The predicted octanol–water partition coefficient (Wildman–Crippen LogP) is 21.9. The molecule has 402 valence electrons. The second-order valence-corrected chi connectivity index (χ2v) is 23.5. The quantitative estimate of drug-likeness (QED) is 0.147. The van der Waals surface area contributed by atoms with Crippen LogP contribution in [0.3, 0.4) is 0 Å². The SMILES string of the molecule is [C-]#[N+]c1c(-n2c3ccccc3c3ccccc32)c(C#N)c(-n2c3ccccc3c3ccccc32)c(-n2c3cc(-c4c(-c5ccccc5)cccc4-c4ccccc4)ccc3c3ccc4c5ccccc5sc4c32)c1-n1c2ccccc2c2ccccc21. The molecule has 0 aliphatic heterocycles. The van der Waals surface area contributed by atoms with Crippen LogP contribution in [0.15, 0.2) is 279 Å². The van der Waals surface area contributed by atoms with Crippen molar-refractivity contribution in [3.05, 3.63) is 296 Å². The molecule has 0 bridgehead atoms. The maximum Gasteiger partial charge on any atom is 0.237 e. The van der Waals surface area contributed by atoms with E-state index in [-0.39, 0.29) is 0 Å². The number of thiophene rings is 1. The molecular weight excluding hydrogens is 1080 g/mol. The van der Waals surface area contributed by atoms with Gasteiger partial charge in [-0.05, 0) is 81.9 Å². The maximum atomic E-state index is 12.9. The Labute approximate surface area is 503 Å². The summed E-state index contributed by atoms with van der Waals surface area (Å²) in [6.45, 7) is 10.0. The second kappa shape index (κ2) is 18.9. The molecule has 0 radical (unpaired) electrons. The normalized spacial score (nSPS) is 11.9. The highest BCUT2D eigenvalue weighted by molar-refractivity contribution is 7.26. The Morgan fingerprint density at radius 3 is 1.21 bits per heavy atom. The third kappa shape index (κ3) is 6.89. The summed E-state index contributed by atoms with van der Waals surface area (Å²) < 4.78 is 11.6. The number of fused-ring (bicyclic) bond motifs is 16. The molecule has 6 nitrogen and oxygen atoms in total. The van der Waals surface area contributed by atoms with Gasteiger partial charge in [0.05, 0.1) is 83.7 Å². The van der Waals surface area contributed by atoms with Gasteiger partial charge in [-0.15, -0.1) is 11.3 Å². The van der Waals surface area contributed by atoms with Crippen LogP contribution in [0.2, 0.25) is 0 Å². The lowest BCUT2D eigenvalue weighted by Gasteiger charge is -2.27. The minimum Gasteiger partial charge on any atom is -0.318 e. The topological polar surface area (TPSA) is 47.9 Å². The van der Waals surface area contributed by atoms with E-state index in [0.717, 1.165) is 131 Å². The number of hydrogen-bond donors (Lipinski definition) is 0. The van der Waals surface area contributed by atoms with Crippen molar-refractivity contribution < 1.29 is 0 Å². The smallest absolute Gasteiger partial charge is 0.237 e. The van der Waals surface area contributed by atoms with Crippen LogP contribution in [0.5, 0.6) is 0 Å². The summed E-state index contributed by atoms with van der Waals surface area (Å²) in [6.07, 6.45) is 0. The van der Waals surface area contributed by atoms with Crippen molar-refractivity contribution >= 4 is 124 Å². The molecule has 0 amide bonds. The number of benzene rings is 13. The second-order valence-electron chi connectivity index (χ2n) is 22.4. The molecule has 0 fully saturated rings. The molecular formula is C80H46N6S. The number of rotatable bonds is 7. The van der Waals surface area contributed by atoms with Crippen molar-refractivity contribution in [3.63, 3.8) is 0 Å². The zero-order valence-corrected chi connectivity index (χ0v) is 47.5. The summed E-state index contributed by atoms with van der Waals surface area (Å²) in [7, 11) is 0. The van der Waals surface area contributed by atoms with Crippen molar-refractivity contribution in [1.82, 2.24) is 18.3 Å². The van der Waals surface area contributed by atoms with E-state index in [1.807, 2.05) is 0 Å². The van der Waals surface area contributed by atoms with Gasteiger partial charge >= 0.3 is 0 Å². The monoisotopic (exact) mass is 1120 g/mol. The minimum absolute atomic E-state index is 0.347. The summed E-state index contributed by atoms with van der Waals surface area (Å²) >= 11 is 1.79. The molecule has 13 aromatic carbocycles. The number of hydrogen-bond acceptors (Lipinski definition) is 2. The van der Waals surface area contributed by atoms with Crippen LogP contribution in [-0.2, 0) is 0 Å². The summed E-state index contributed by atoms with van der Waals surface area (Å²) in [4.78, 5) is 4.89. The zero-order chi connectivity index (χ0) is 57.4. The third-order valence-corrected chi connectivity index (χ3v) is 19.2. The molecule has 0 atom stereocenters. The summed E-state index contributed by atoms with van der Waals surface area (Å²) in [5.74, 6) is 0. The fourth-order valence-electron chi connectivity index (χ4n) is 14.5. The van der Waals surface area contributed by atoms with Crippen molar-refractivity contribution in [2.24, 2.45) is 0 Å². The van der Waals surface area contributed by atoms with Gasteiger partial charge in [-0.3, -0.25) is 0 Å². The van der Waals surface area contributed by atoms with Gasteiger partial charge < -0.3 is 18.3 Å². The van der Waals surface area contributed by atoms with Crippen molar-refractivity contribution in [2.75, 3.05) is 0 Å². The van der Waals surface area contributed by atoms with Crippen molar-refractivity contribution in [3.8, 4) is 62.2 Å². The first kappa shape index (κ1) is 48.8. The van der Waals surface area contributed by atoms with E-state index >= 15 is 0 Å². The summed E-state index contributed by atoms with van der Waals surface area (Å²) in [5.41, 5.74) is 17.3. The summed E-state index contributed by atoms with van der Waals surface area (Å²) in [5, 5.41) is 23.5. The number of nitrogens with zero attached hydrogens (tertiary/aromatic N) is 6. The van der Waals surface area contributed by atoms with E-state index in [9.17, 15) is 11.8 Å².